The Balaban J connectivity index is 0.000000276. The molecule has 0 fully saturated rings. The van der Waals surface area contributed by atoms with Gasteiger partial charge in [-0.25, -0.2) is 16.8 Å². The van der Waals surface area contributed by atoms with Crippen molar-refractivity contribution in [3.05, 3.63) is 138 Å². The van der Waals surface area contributed by atoms with E-state index in [0.29, 0.717) is 29.2 Å². The number of nitrogens with zero attached hydrogens (tertiary/aromatic N) is 2. The minimum absolute atomic E-state index is 0.105. The molecule has 0 N–H and O–H groups in total. The van der Waals surface area contributed by atoms with E-state index in [1.807, 2.05) is 31.2 Å². The summed E-state index contributed by atoms with van der Waals surface area (Å²) in [5.74, 6) is 1.46. The molecular formula is C35H36N2O12S2. The number of ether oxygens (including phenoxy) is 4. The second kappa shape index (κ2) is 18.3. The number of hydrogen-bond acceptors (Lipinski definition) is 12. The van der Waals surface area contributed by atoms with Crippen LogP contribution in [0.2, 0.25) is 0 Å². The normalized spacial score (nSPS) is 11.5. The molecule has 0 atom stereocenters. The van der Waals surface area contributed by atoms with Gasteiger partial charge in [-0.15, -0.1) is 0 Å². The van der Waals surface area contributed by atoms with E-state index in [0.717, 1.165) is 22.8 Å². The fourth-order valence-corrected chi connectivity index (χ4v) is 6.65. The highest BCUT2D eigenvalue weighted by molar-refractivity contribution is 7.93. The Morgan fingerprint density at radius 1 is 0.608 bits per heavy atom. The second-order valence-corrected chi connectivity index (χ2v) is 14.3. The summed E-state index contributed by atoms with van der Waals surface area (Å²) in [5.41, 5.74) is 1.70. The molecule has 4 aromatic rings. The molecule has 0 bridgehead atoms. The van der Waals surface area contributed by atoms with Crippen molar-refractivity contribution in [1.29, 1.82) is 0 Å². The van der Waals surface area contributed by atoms with Gasteiger partial charge in [-0.1, -0.05) is 18.2 Å². The van der Waals surface area contributed by atoms with Gasteiger partial charge >= 0.3 is 0 Å². The van der Waals surface area contributed by atoms with Crippen LogP contribution in [-0.4, -0.2) is 54.6 Å². The standard InChI is InChI=1S/C19H22O5S.C16H14N2O7S/c1-4-24-17-8-5-15(6-9-17)11-12-25(20,21)14-16-7-10-18(22-2)19(13-16)23-3;1-25-16-7-6-15(18(21)22)10-13(16)11-26(23,24)9-8-12-2-4-14(5-3-12)17(19)20/h5-13H,4,14H2,1-3H3;2-10H,11H2,1H3. The number of nitro benzene ring substituents is 2. The van der Waals surface area contributed by atoms with Crippen LogP contribution in [0.5, 0.6) is 23.0 Å². The van der Waals surface area contributed by atoms with E-state index >= 15 is 0 Å². The van der Waals surface area contributed by atoms with Crippen molar-refractivity contribution >= 4 is 43.2 Å². The first-order chi connectivity index (χ1) is 24.2. The molecule has 0 unspecified atom stereocenters. The lowest BCUT2D eigenvalue weighted by Crippen LogP contribution is -2.03. The van der Waals surface area contributed by atoms with Crippen molar-refractivity contribution in [2.24, 2.45) is 0 Å². The summed E-state index contributed by atoms with van der Waals surface area (Å²) in [5, 5.41) is 23.6. The number of non-ortho nitro benzene ring substituents is 2. The van der Waals surface area contributed by atoms with Crippen molar-refractivity contribution in [3.8, 4) is 23.0 Å². The highest BCUT2D eigenvalue weighted by Crippen LogP contribution is 2.29. The number of benzene rings is 4. The Labute approximate surface area is 295 Å². The summed E-state index contributed by atoms with van der Waals surface area (Å²) in [4.78, 5) is 20.3. The average Bonchev–Trinajstić information content (AvgIpc) is 3.10. The van der Waals surface area contributed by atoms with E-state index in [1.165, 1.54) is 69.2 Å². The lowest BCUT2D eigenvalue weighted by atomic mass is 10.2. The fourth-order valence-electron chi connectivity index (χ4n) is 4.42. The van der Waals surface area contributed by atoms with E-state index in [-0.39, 0.29) is 28.4 Å². The van der Waals surface area contributed by atoms with Gasteiger partial charge in [0.1, 0.15) is 11.5 Å². The topological polar surface area (TPSA) is 191 Å². The molecule has 0 saturated carbocycles. The first-order valence-corrected chi connectivity index (χ1v) is 18.4. The molecule has 0 amide bonds. The third-order valence-corrected chi connectivity index (χ3v) is 9.43. The van der Waals surface area contributed by atoms with Crippen molar-refractivity contribution < 1.29 is 45.6 Å². The zero-order valence-corrected chi connectivity index (χ0v) is 29.8. The van der Waals surface area contributed by atoms with Crippen LogP contribution in [0.1, 0.15) is 29.2 Å². The maximum atomic E-state index is 12.3. The van der Waals surface area contributed by atoms with Gasteiger partial charge in [0.15, 0.2) is 31.2 Å². The summed E-state index contributed by atoms with van der Waals surface area (Å²) >= 11 is 0. The van der Waals surface area contributed by atoms with Gasteiger partial charge in [-0.3, -0.25) is 20.2 Å². The van der Waals surface area contributed by atoms with Gasteiger partial charge in [0.25, 0.3) is 11.4 Å². The predicted molar refractivity (Wildman–Crippen MR) is 193 cm³/mol. The Kier molecular flexibility index (Phi) is 14.3. The maximum Gasteiger partial charge on any atom is 0.270 e. The van der Waals surface area contributed by atoms with Crippen molar-refractivity contribution in [3.63, 3.8) is 0 Å². The molecule has 0 radical (unpaired) electrons. The van der Waals surface area contributed by atoms with E-state index in [2.05, 4.69) is 0 Å². The molecule has 0 aromatic heterocycles. The van der Waals surface area contributed by atoms with Crippen LogP contribution in [0, 0.1) is 20.2 Å². The molecule has 270 valence electrons. The smallest absolute Gasteiger partial charge is 0.270 e. The molecule has 14 nitrogen and oxygen atoms in total. The Bertz CT molecular complexity index is 2100. The van der Waals surface area contributed by atoms with E-state index in [4.69, 9.17) is 18.9 Å². The van der Waals surface area contributed by atoms with E-state index < -0.39 is 35.3 Å². The first kappa shape index (κ1) is 39.7. The number of rotatable bonds is 15. The molecule has 0 saturated heterocycles. The summed E-state index contributed by atoms with van der Waals surface area (Å²) in [6.45, 7) is 2.50. The van der Waals surface area contributed by atoms with Crippen molar-refractivity contribution in [2.75, 3.05) is 27.9 Å². The fraction of sp³-hybridized carbons (Fsp3) is 0.200. The largest absolute Gasteiger partial charge is 0.496 e. The molecule has 0 heterocycles. The van der Waals surface area contributed by atoms with Crippen LogP contribution in [0.15, 0.2) is 95.7 Å². The molecule has 4 rings (SSSR count). The monoisotopic (exact) mass is 740 g/mol. The molecule has 0 aliphatic rings. The minimum atomic E-state index is -3.75. The third kappa shape index (κ3) is 12.6. The maximum absolute atomic E-state index is 12.3. The number of hydrogen-bond donors (Lipinski definition) is 0. The zero-order valence-electron chi connectivity index (χ0n) is 28.1. The highest BCUT2D eigenvalue weighted by atomic mass is 32.2. The van der Waals surface area contributed by atoms with Crippen LogP contribution < -0.4 is 18.9 Å². The average molecular weight is 741 g/mol. The number of nitro groups is 2. The van der Waals surface area contributed by atoms with Crippen molar-refractivity contribution in [1.82, 2.24) is 0 Å². The van der Waals surface area contributed by atoms with Crippen molar-refractivity contribution in [2.45, 2.75) is 18.4 Å². The summed E-state index contributed by atoms with van der Waals surface area (Å²) < 4.78 is 69.9. The van der Waals surface area contributed by atoms with Gasteiger partial charge in [-0.2, -0.15) is 0 Å². The van der Waals surface area contributed by atoms with Gasteiger partial charge in [0.05, 0.1) is 49.3 Å². The zero-order chi connectivity index (χ0) is 37.6. The SMILES string of the molecule is CCOc1ccc(C=CS(=O)(=O)Cc2ccc(OC)c(OC)c2)cc1.COc1ccc([N+](=O)[O-])cc1CS(=O)(=O)C=Cc1ccc([N+](=O)[O-])cc1. The number of sulfone groups is 2. The van der Waals surface area contributed by atoms with Crippen LogP contribution >= 0.6 is 0 Å². The summed E-state index contributed by atoms with van der Waals surface area (Å²) in [6.07, 6.45) is 2.87. The lowest BCUT2D eigenvalue weighted by molar-refractivity contribution is -0.385. The summed E-state index contributed by atoms with van der Waals surface area (Å²) in [7, 11) is -2.77. The summed E-state index contributed by atoms with van der Waals surface area (Å²) in [6, 6.07) is 21.4. The quantitative estimate of drug-likeness (QED) is 0.0918. The molecule has 16 heteroatoms. The first-order valence-electron chi connectivity index (χ1n) is 15.0. The van der Waals surface area contributed by atoms with Gasteiger partial charge in [0, 0.05) is 40.6 Å². The highest BCUT2D eigenvalue weighted by Gasteiger charge is 2.17. The molecule has 0 aliphatic heterocycles. The minimum Gasteiger partial charge on any atom is -0.496 e. The van der Waals surface area contributed by atoms with Crippen LogP contribution in [0.25, 0.3) is 12.2 Å². The molecule has 4 aromatic carbocycles. The molecule has 51 heavy (non-hydrogen) atoms. The lowest BCUT2D eigenvalue weighted by Gasteiger charge is -2.09. The van der Waals surface area contributed by atoms with E-state index in [1.54, 1.807) is 24.3 Å². The van der Waals surface area contributed by atoms with Gasteiger partial charge in [-0.05, 0) is 78.2 Å². The molecule has 0 spiro atoms. The molecular weight excluding hydrogens is 705 g/mol. The second-order valence-electron chi connectivity index (χ2n) is 10.5. The number of methoxy groups -OCH3 is 3. The molecule has 0 aliphatic carbocycles. The predicted octanol–water partition coefficient (Wildman–Crippen LogP) is 6.79. The van der Waals surface area contributed by atoms with Crippen LogP contribution in [0.4, 0.5) is 11.4 Å². The Morgan fingerprint density at radius 3 is 1.61 bits per heavy atom. The third-order valence-electron chi connectivity index (χ3n) is 6.88. The Morgan fingerprint density at radius 2 is 1.10 bits per heavy atom. The Hall–Kier alpha value is -5.74. The van der Waals surface area contributed by atoms with Crippen LogP contribution in [-0.2, 0) is 31.2 Å². The van der Waals surface area contributed by atoms with Gasteiger partial charge < -0.3 is 18.9 Å². The van der Waals surface area contributed by atoms with Crippen LogP contribution in [0.3, 0.4) is 0 Å². The van der Waals surface area contributed by atoms with E-state index in [9.17, 15) is 37.1 Å². The van der Waals surface area contributed by atoms with Gasteiger partial charge in [0.2, 0.25) is 0 Å².